The van der Waals surface area contributed by atoms with E-state index in [0.717, 1.165) is 0 Å². The molecule has 1 aliphatic rings. The second-order valence-electron chi connectivity index (χ2n) is 6.74. The highest BCUT2D eigenvalue weighted by atomic mass is 19.3. The number of amides is 2. The molecule has 1 fully saturated rings. The Morgan fingerprint density at radius 2 is 2.08 bits per heavy atom. The van der Waals surface area contributed by atoms with Crippen LogP contribution in [0.2, 0.25) is 0 Å². The molecule has 0 saturated carbocycles. The van der Waals surface area contributed by atoms with Gasteiger partial charge in [0.15, 0.2) is 0 Å². The van der Waals surface area contributed by atoms with E-state index in [4.69, 9.17) is 5.73 Å². The number of hydrogen-bond acceptors (Lipinski definition) is 4. The molecule has 3 N–H and O–H groups in total. The molecular formula is C17H23F2N3O3. The maximum atomic E-state index is 12.8. The third-order valence-corrected chi connectivity index (χ3v) is 3.87. The molecule has 2 rings (SSSR count). The number of nitrogens with one attached hydrogen (secondary N) is 1. The summed E-state index contributed by atoms with van der Waals surface area (Å²) in [6.45, 7) is 1.19. The number of ether oxygens (including phenoxy) is 1. The molecule has 1 heterocycles. The zero-order chi connectivity index (χ0) is 18.6. The molecule has 1 aromatic rings. The van der Waals surface area contributed by atoms with Gasteiger partial charge in [-0.3, -0.25) is 9.59 Å². The molecule has 25 heavy (non-hydrogen) atoms. The van der Waals surface area contributed by atoms with Crippen LogP contribution in [0.15, 0.2) is 24.3 Å². The number of likely N-dealkylation sites (tertiary alicyclic amines) is 1. The van der Waals surface area contributed by atoms with Crippen LogP contribution in [0.5, 0.6) is 5.75 Å². The van der Waals surface area contributed by atoms with Crippen LogP contribution in [0.25, 0.3) is 0 Å². The van der Waals surface area contributed by atoms with E-state index in [9.17, 15) is 18.4 Å². The van der Waals surface area contributed by atoms with Crippen molar-refractivity contribution in [3.8, 4) is 5.75 Å². The molecule has 1 unspecified atom stereocenters. The first-order valence-corrected chi connectivity index (χ1v) is 8.10. The van der Waals surface area contributed by atoms with E-state index < -0.39 is 24.1 Å². The number of rotatable bonds is 6. The summed E-state index contributed by atoms with van der Waals surface area (Å²) < 4.78 is 29.5. The van der Waals surface area contributed by atoms with Crippen LogP contribution in [0.4, 0.5) is 8.78 Å². The molecule has 1 aromatic carbocycles. The van der Waals surface area contributed by atoms with Crippen molar-refractivity contribution >= 4 is 11.8 Å². The van der Waals surface area contributed by atoms with E-state index in [1.54, 1.807) is 19.9 Å². The van der Waals surface area contributed by atoms with Gasteiger partial charge in [-0.25, -0.2) is 0 Å². The van der Waals surface area contributed by atoms with E-state index in [2.05, 4.69) is 10.1 Å². The van der Waals surface area contributed by atoms with Crippen LogP contribution in [-0.4, -0.2) is 48.0 Å². The third-order valence-electron chi connectivity index (χ3n) is 3.87. The highest BCUT2D eigenvalue weighted by Gasteiger charge is 2.35. The molecule has 1 aliphatic heterocycles. The molecule has 0 spiro atoms. The van der Waals surface area contributed by atoms with Crippen LogP contribution in [0, 0.1) is 0 Å². The standard InChI is InChI=1S/C17H23F2N3O3/c1-17(2,20)10-21-14(23)12-7-5-9-22(12)15(24)11-6-3-4-8-13(11)25-16(18)19/h3-4,6,8,12,16H,5,7,9-10,20H2,1-2H3,(H,21,23). The van der Waals surface area contributed by atoms with Crippen molar-refractivity contribution < 1.29 is 23.1 Å². The van der Waals surface area contributed by atoms with Crippen LogP contribution < -0.4 is 15.8 Å². The van der Waals surface area contributed by atoms with Gasteiger partial charge < -0.3 is 20.7 Å². The van der Waals surface area contributed by atoms with Gasteiger partial charge in [-0.2, -0.15) is 8.78 Å². The highest BCUT2D eigenvalue weighted by molar-refractivity contribution is 6.00. The van der Waals surface area contributed by atoms with Crippen molar-refractivity contribution in [1.82, 2.24) is 10.2 Å². The number of nitrogens with two attached hydrogens (primary N) is 1. The fourth-order valence-electron chi connectivity index (χ4n) is 2.71. The number of benzene rings is 1. The first kappa shape index (κ1) is 19.1. The smallest absolute Gasteiger partial charge is 0.387 e. The maximum Gasteiger partial charge on any atom is 0.387 e. The Kier molecular flexibility index (Phi) is 5.94. The van der Waals surface area contributed by atoms with Gasteiger partial charge in [-0.1, -0.05) is 12.1 Å². The fraction of sp³-hybridized carbons (Fsp3) is 0.529. The molecule has 0 aliphatic carbocycles. The maximum absolute atomic E-state index is 12.8. The monoisotopic (exact) mass is 355 g/mol. The van der Waals surface area contributed by atoms with Gasteiger partial charge in [0.1, 0.15) is 11.8 Å². The summed E-state index contributed by atoms with van der Waals surface area (Å²) in [7, 11) is 0. The number of hydrogen-bond donors (Lipinski definition) is 2. The molecule has 8 heteroatoms. The first-order chi connectivity index (χ1) is 11.7. The molecule has 0 bridgehead atoms. The Morgan fingerprint density at radius 1 is 1.40 bits per heavy atom. The van der Waals surface area contributed by atoms with Crippen molar-refractivity contribution in [2.45, 2.75) is 44.9 Å². The minimum Gasteiger partial charge on any atom is -0.434 e. The second-order valence-corrected chi connectivity index (χ2v) is 6.74. The third kappa shape index (κ3) is 5.12. The Bertz CT molecular complexity index is 632. The van der Waals surface area contributed by atoms with Gasteiger partial charge in [0.25, 0.3) is 5.91 Å². The van der Waals surface area contributed by atoms with Crippen molar-refractivity contribution in [3.63, 3.8) is 0 Å². The van der Waals surface area contributed by atoms with Gasteiger partial charge in [-0.05, 0) is 38.8 Å². The number of carbonyl (C=O) groups excluding carboxylic acids is 2. The SMILES string of the molecule is CC(C)(N)CNC(=O)C1CCCN1C(=O)c1ccccc1OC(F)F. The summed E-state index contributed by atoms with van der Waals surface area (Å²) in [5.74, 6) is -0.991. The fourth-order valence-corrected chi connectivity index (χ4v) is 2.71. The largest absolute Gasteiger partial charge is 0.434 e. The summed E-state index contributed by atoms with van der Waals surface area (Å²) in [5, 5.41) is 2.74. The van der Waals surface area contributed by atoms with E-state index in [0.29, 0.717) is 19.4 Å². The lowest BCUT2D eigenvalue weighted by Crippen LogP contribution is -2.51. The quantitative estimate of drug-likeness (QED) is 0.814. The lowest BCUT2D eigenvalue weighted by Gasteiger charge is -2.26. The highest BCUT2D eigenvalue weighted by Crippen LogP contribution is 2.26. The number of halogens is 2. The minimum atomic E-state index is -3.03. The van der Waals surface area contributed by atoms with Gasteiger partial charge in [-0.15, -0.1) is 0 Å². The number of nitrogens with zero attached hydrogens (tertiary/aromatic N) is 1. The average Bonchev–Trinajstić information content (AvgIpc) is 3.01. The predicted molar refractivity (Wildman–Crippen MR) is 88.4 cm³/mol. The predicted octanol–water partition coefficient (Wildman–Crippen LogP) is 1.75. The van der Waals surface area contributed by atoms with E-state index in [1.807, 2.05) is 0 Å². The minimum absolute atomic E-state index is 0.0154. The van der Waals surface area contributed by atoms with Crippen molar-refractivity contribution in [3.05, 3.63) is 29.8 Å². The van der Waals surface area contributed by atoms with Crippen LogP contribution in [0.1, 0.15) is 37.0 Å². The molecule has 1 saturated heterocycles. The molecule has 6 nitrogen and oxygen atoms in total. The Morgan fingerprint density at radius 3 is 2.72 bits per heavy atom. The summed E-state index contributed by atoms with van der Waals surface area (Å²) in [4.78, 5) is 26.5. The lowest BCUT2D eigenvalue weighted by atomic mass is 10.1. The molecule has 138 valence electrons. The van der Waals surface area contributed by atoms with Crippen molar-refractivity contribution in [2.24, 2.45) is 5.73 Å². The summed E-state index contributed by atoms with van der Waals surface area (Å²) in [6.07, 6.45) is 1.17. The summed E-state index contributed by atoms with van der Waals surface area (Å²) in [6, 6.07) is 5.15. The summed E-state index contributed by atoms with van der Waals surface area (Å²) in [5.41, 5.74) is 5.30. The Labute approximate surface area is 145 Å². The molecule has 1 atom stereocenters. The molecule has 2 amide bonds. The van der Waals surface area contributed by atoms with Crippen molar-refractivity contribution in [1.29, 1.82) is 0 Å². The lowest BCUT2D eigenvalue weighted by molar-refractivity contribution is -0.125. The summed E-state index contributed by atoms with van der Waals surface area (Å²) >= 11 is 0. The molecular weight excluding hydrogens is 332 g/mol. The van der Waals surface area contributed by atoms with E-state index in [1.165, 1.54) is 23.1 Å². The Balaban J connectivity index is 2.14. The topological polar surface area (TPSA) is 84.7 Å². The normalized spacial score (nSPS) is 17.7. The van der Waals surface area contributed by atoms with Crippen LogP contribution >= 0.6 is 0 Å². The van der Waals surface area contributed by atoms with E-state index >= 15 is 0 Å². The zero-order valence-electron chi connectivity index (χ0n) is 14.3. The molecule has 0 aromatic heterocycles. The average molecular weight is 355 g/mol. The number of alkyl halides is 2. The van der Waals surface area contributed by atoms with Crippen LogP contribution in [-0.2, 0) is 4.79 Å². The second kappa shape index (κ2) is 7.77. The zero-order valence-corrected chi connectivity index (χ0v) is 14.3. The van der Waals surface area contributed by atoms with Gasteiger partial charge >= 0.3 is 6.61 Å². The Hall–Kier alpha value is -2.22. The molecule has 0 radical (unpaired) electrons. The first-order valence-electron chi connectivity index (χ1n) is 8.10. The van der Waals surface area contributed by atoms with Gasteiger partial charge in [0, 0.05) is 18.6 Å². The van der Waals surface area contributed by atoms with Gasteiger partial charge in [0.05, 0.1) is 5.56 Å². The van der Waals surface area contributed by atoms with Crippen molar-refractivity contribution in [2.75, 3.05) is 13.1 Å². The number of carbonyl (C=O) groups is 2. The number of para-hydroxylation sites is 1. The van der Waals surface area contributed by atoms with Gasteiger partial charge in [0.2, 0.25) is 5.91 Å². The van der Waals surface area contributed by atoms with Crippen LogP contribution in [0.3, 0.4) is 0 Å². The van der Waals surface area contributed by atoms with E-state index in [-0.39, 0.29) is 23.8 Å².